The molecule has 0 bridgehead atoms. The molecule has 0 saturated heterocycles. The molecule has 0 saturated carbocycles. The van der Waals surface area contributed by atoms with Crippen LogP contribution >= 0.6 is 35.0 Å². The molecule has 2 aromatic carbocycles. The van der Waals surface area contributed by atoms with E-state index in [-0.39, 0.29) is 11.7 Å². The standard InChI is InChI=1S/C21H18Cl2N4OS/c1-11-6-13(3)20-15(7-11)12(2)8-18-25-26-21(27(18)20)29-10-19(28)24-14-4-5-16(22)17(23)9-14/h4-9H,10H2,1-3H3,(H,24,28). The smallest absolute Gasteiger partial charge is 0.234 e. The number of thioether (sulfide) groups is 1. The van der Waals surface area contributed by atoms with E-state index in [0.717, 1.165) is 27.7 Å². The second kappa shape index (κ2) is 7.86. The highest BCUT2D eigenvalue weighted by molar-refractivity contribution is 7.99. The molecule has 0 aliphatic heterocycles. The maximum absolute atomic E-state index is 12.4. The number of hydrogen-bond acceptors (Lipinski definition) is 4. The van der Waals surface area contributed by atoms with Gasteiger partial charge in [0.25, 0.3) is 0 Å². The summed E-state index contributed by atoms with van der Waals surface area (Å²) in [7, 11) is 0. The number of anilines is 1. The van der Waals surface area contributed by atoms with Crippen molar-refractivity contribution >= 4 is 63.1 Å². The quantitative estimate of drug-likeness (QED) is 0.401. The zero-order chi connectivity index (χ0) is 20.7. The normalized spacial score (nSPS) is 11.3. The van der Waals surface area contributed by atoms with Gasteiger partial charge in [-0.3, -0.25) is 9.20 Å². The third kappa shape index (κ3) is 3.92. The lowest BCUT2D eigenvalue weighted by molar-refractivity contribution is -0.113. The van der Waals surface area contributed by atoms with Crippen LogP contribution < -0.4 is 5.32 Å². The summed E-state index contributed by atoms with van der Waals surface area (Å²) in [5, 5.41) is 14.1. The van der Waals surface area contributed by atoms with Crippen molar-refractivity contribution < 1.29 is 4.79 Å². The van der Waals surface area contributed by atoms with Crippen LogP contribution in [0.15, 0.2) is 41.6 Å². The second-order valence-corrected chi connectivity index (χ2v) is 8.70. The number of aryl methyl sites for hydroxylation is 3. The molecule has 2 heterocycles. The average Bonchev–Trinajstić information content (AvgIpc) is 3.05. The Morgan fingerprint density at radius 3 is 2.59 bits per heavy atom. The molecular formula is C21H18Cl2N4OS. The van der Waals surface area contributed by atoms with Crippen LogP contribution in [0.2, 0.25) is 10.0 Å². The predicted octanol–water partition coefficient (Wildman–Crippen LogP) is 5.85. The van der Waals surface area contributed by atoms with Crippen molar-refractivity contribution in [3.05, 3.63) is 63.1 Å². The maximum atomic E-state index is 12.4. The van der Waals surface area contributed by atoms with Crippen molar-refractivity contribution in [2.24, 2.45) is 0 Å². The molecule has 0 aliphatic carbocycles. The molecule has 0 atom stereocenters. The van der Waals surface area contributed by atoms with E-state index in [2.05, 4.69) is 48.4 Å². The lowest BCUT2D eigenvalue weighted by Gasteiger charge is -2.11. The number of aromatic nitrogens is 3. The summed E-state index contributed by atoms with van der Waals surface area (Å²) in [6.07, 6.45) is 0. The van der Waals surface area contributed by atoms with Gasteiger partial charge in [0.05, 0.1) is 21.3 Å². The van der Waals surface area contributed by atoms with Gasteiger partial charge >= 0.3 is 0 Å². The molecule has 8 heteroatoms. The lowest BCUT2D eigenvalue weighted by atomic mass is 10.0. The first-order valence-electron chi connectivity index (χ1n) is 8.97. The summed E-state index contributed by atoms with van der Waals surface area (Å²) >= 11 is 13.3. The Morgan fingerprint density at radius 1 is 1.03 bits per heavy atom. The molecule has 148 valence electrons. The summed E-state index contributed by atoms with van der Waals surface area (Å²) in [4.78, 5) is 12.4. The SMILES string of the molecule is Cc1cc(C)c2c(c1)c(C)cc1nnc(SCC(=O)Nc3ccc(Cl)c(Cl)c3)n12. The van der Waals surface area contributed by atoms with E-state index in [4.69, 9.17) is 23.2 Å². The van der Waals surface area contributed by atoms with Gasteiger partial charge in [0, 0.05) is 11.1 Å². The number of carbonyl (C=O) groups is 1. The van der Waals surface area contributed by atoms with Crippen molar-refractivity contribution in [3.63, 3.8) is 0 Å². The first-order chi connectivity index (χ1) is 13.8. The summed E-state index contributed by atoms with van der Waals surface area (Å²) in [5.41, 5.74) is 5.96. The number of pyridine rings is 1. The van der Waals surface area contributed by atoms with Gasteiger partial charge in [-0.15, -0.1) is 10.2 Å². The van der Waals surface area contributed by atoms with Crippen molar-refractivity contribution in [1.82, 2.24) is 14.6 Å². The van der Waals surface area contributed by atoms with Crippen LogP contribution in [0.5, 0.6) is 0 Å². The van der Waals surface area contributed by atoms with Gasteiger partial charge < -0.3 is 5.32 Å². The fraction of sp³-hybridized carbons (Fsp3) is 0.190. The number of hydrogen-bond donors (Lipinski definition) is 1. The number of carbonyl (C=O) groups excluding carboxylic acids is 1. The van der Waals surface area contributed by atoms with Crippen molar-refractivity contribution in [1.29, 1.82) is 0 Å². The van der Waals surface area contributed by atoms with Crippen LogP contribution in [-0.4, -0.2) is 26.3 Å². The highest BCUT2D eigenvalue weighted by atomic mass is 35.5. The van der Waals surface area contributed by atoms with Gasteiger partial charge in [-0.25, -0.2) is 0 Å². The van der Waals surface area contributed by atoms with E-state index in [0.29, 0.717) is 20.9 Å². The molecule has 29 heavy (non-hydrogen) atoms. The van der Waals surface area contributed by atoms with Crippen LogP contribution in [0.25, 0.3) is 16.6 Å². The van der Waals surface area contributed by atoms with E-state index in [1.165, 1.54) is 17.3 Å². The number of fused-ring (bicyclic) bond motifs is 3. The van der Waals surface area contributed by atoms with Gasteiger partial charge in [0.1, 0.15) is 0 Å². The Bertz CT molecular complexity index is 1270. The minimum absolute atomic E-state index is 0.158. The van der Waals surface area contributed by atoms with Gasteiger partial charge in [-0.05, 0) is 62.2 Å². The highest BCUT2D eigenvalue weighted by Crippen LogP contribution is 2.29. The molecule has 4 rings (SSSR count). The largest absolute Gasteiger partial charge is 0.325 e. The number of halogens is 2. The lowest BCUT2D eigenvalue weighted by Crippen LogP contribution is -2.14. The summed E-state index contributed by atoms with van der Waals surface area (Å²) < 4.78 is 2.02. The van der Waals surface area contributed by atoms with E-state index in [1.807, 2.05) is 10.5 Å². The fourth-order valence-electron chi connectivity index (χ4n) is 3.41. The Hall–Kier alpha value is -2.28. The Labute approximate surface area is 182 Å². The molecule has 0 aliphatic rings. The third-order valence-electron chi connectivity index (χ3n) is 4.63. The molecule has 0 unspecified atom stereocenters. The minimum Gasteiger partial charge on any atom is -0.325 e. The van der Waals surface area contributed by atoms with Gasteiger partial charge in [0.2, 0.25) is 5.91 Å². The molecule has 4 aromatic rings. The first kappa shape index (κ1) is 20.0. The van der Waals surface area contributed by atoms with E-state index >= 15 is 0 Å². The van der Waals surface area contributed by atoms with Crippen LogP contribution in [0.4, 0.5) is 5.69 Å². The fourth-order valence-corrected chi connectivity index (χ4v) is 4.45. The van der Waals surface area contributed by atoms with E-state index in [1.54, 1.807) is 18.2 Å². The van der Waals surface area contributed by atoms with Gasteiger partial charge in [0.15, 0.2) is 10.8 Å². The summed E-state index contributed by atoms with van der Waals surface area (Å²) in [5.74, 6) is 0.0375. The Morgan fingerprint density at radius 2 is 1.83 bits per heavy atom. The summed E-state index contributed by atoms with van der Waals surface area (Å²) in [6.45, 7) is 6.25. The molecule has 0 radical (unpaired) electrons. The Balaban J connectivity index is 1.62. The van der Waals surface area contributed by atoms with Crippen LogP contribution in [0.3, 0.4) is 0 Å². The first-order valence-corrected chi connectivity index (χ1v) is 10.7. The number of amides is 1. The van der Waals surface area contributed by atoms with Gasteiger partial charge in [-0.2, -0.15) is 0 Å². The van der Waals surface area contributed by atoms with Gasteiger partial charge in [-0.1, -0.05) is 46.6 Å². The van der Waals surface area contributed by atoms with Crippen LogP contribution in [0.1, 0.15) is 16.7 Å². The van der Waals surface area contributed by atoms with Crippen molar-refractivity contribution in [2.75, 3.05) is 11.1 Å². The second-order valence-electron chi connectivity index (χ2n) is 6.95. The molecular weight excluding hydrogens is 427 g/mol. The van der Waals surface area contributed by atoms with E-state index in [9.17, 15) is 4.79 Å². The monoisotopic (exact) mass is 444 g/mol. The zero-order valence-corrected chi connectivity index (χ0v) is 18.4. The Kier molecular flexibility index (Phi) is 5.42. The average molecular weight is 445 g/mol. The molecule has 5 nitrogen and oxygen atoms in total. The molecule has 1 N–H and O–H groups in total. The van der Waals surface area contributed by atoms with E-state index < -0.39 is 0 Å². The summed E-state index contributed by atoms with van der Waals surface area (Å²) in [6, 6.07) is 11.3. The number of benzene rings is 2. The predicted molar refractivity (Wildman–Crippen MR) is 121 cm³/mol. The number of rotatable bonds is 4. The topological polar surface area (TPSA) is 59.3 Å². The zero-order valence-electron chi connectivity index (χ0n) is 16.1. The molecule has 0 spiro atoms. The van der Waals surface area contributed by atoms with Crippen LogP contribution in [0, 0.1) is 20.8 Å². The van der Waals surface area contributed by atoms with Crippen molar-refractivity contribution in [2.45, 2.75) is 25.9 Å². The van der Waals surface area contributed by atoms with Crippen molar-refractivity contribution in [3.8, 4) is 0 Å². The maximum Gasteiger partial charge on any atom is 0.234 e. The number of nitrogens with one attached hydrogen (secondary N) is 1. The number of nitrogens with zero attached hydrogens (tertiary/aromatic N) is 3. The highest BCUT2D eigenvalue weighted by Gasteiger charge is 2.15. The molecule has 2 aromatic heterocycles. The van der Waals surface area contributed by atoms with Crippen LogP contribution in [-0.2, 0) is 4.79 Å². The molecule has 1 amide bonds. The minimum atomic E-state index is -0.158. The third-order valence-corrected chi connectivity index (χ3v) is 6.30. The molecule has 0 fully saturated rings.